The van der Waals surface area contributed by atoms with Gasteiger partial charge in [0.1, 0.15) is 5.60 Å². The predicted octanol–water partition coefficient (Wildman–Crippen LogP) is -0.173. The summed E-state index contributed by atoms with van der Waals surface area (Å²) in [6, 6.07) is 0. The molecular weight excluding hydrogens is 226 g/mol. The number of rotatable bonds is 5. The molecule has 0 radical (unpaired) electrons. The second-order valence-electron chi connectivity index (χ2n) is 4.73. The van der Waals surface area contributed by atoms with Gasteiger partial charge in [-0.05, 0) is 27.2 Å². The zero-order chi connectivity index (χ0) is 13.6. The lowest BCUT2D eigenvalue weighted by Crippen LogP contribution is -2.37. The molecule has 0 rings (SSSR count). The highest BCUT2D eigenvalue weighted by atomic mass is 16.6. The molecule has 3 N–H and O–H groups in total. The molecule has 2 atom stereocenters. The third-order valence-corrected chi connectivity index (χ3v) is 1.96. The number of carbonyl (C=O) groups excluding carboxylic acids is 2. The summed E-state index contributed by atoms with van der Waals surface area (Å²) in [6.07, 6.45) is -1.04. The van der Waals surface area contributed by atoms with Gasteiger partial charge in [0.2, 0.25) is 0 Å². The molecule has 0 spiro atoms. The Morgan fingerprint density at radius 3 is 2.18 bits per heavy atom. The van der Waals surface area contributed by atoms with Crippen molar-refractivity contribution in [1.82, 2.24) is 0 Å². The van der Waals surface area contributed by atoms with Crippen molar-refractivity contribution in [2.45, 2.75) is 38.9 Å². The Kier molecular flexibility index (Phi) is 6.12. The Morgan fingerprint density at radius 2 is 1.82 bits per heavy atom. The van der Waals surface area contributed by atoms with Crippen LogP contribution in [0.25, 0.3) is 0 Å². The first-order chi connectivity index (χ1) is 7.71. The standard InChI is InChI=1S/C11H21NO5/c1-11(2,3)17-10(15)8(9(14)16-4)5-7(13)6-12/h7-8,13H,5-6,12H2,1-4H3/t7-,8-/m0/s1. The summed E-state index contributed by atoms with van der Waals surface area (Å²) in [5.41, 5.74) is 4.54. The Labute approximate surface area is 101 Å². The molecular formula is C11H21NO5. The topological polar surface area (TPSA) is 98.9 Å². The van der Waals surface area contributed by atoms with Gasteiger partial charge in [-0.25, -0.2) is 0 Å². The van der Waals surface area contributed by atoms with Gasteiger partial charge in [0.05, 0.1) is 13.2 Å². The molecule has 100 valence electrons. The molecule has 0 aliphatic carbocycles. The molecule has 0 heterocycles. The highest BCUT2D eigenvalue weighted by Crippen LogP contribution is 2.16. The molecule has 0 aromatic rings. The minimum absolute atomic E-state index is 0.0315. The van der Waals surface area contributed by atoms with Crippen LogP contribution in [-0.2, 0) is 19.1 Å². The van der Waals surface area contributed by atoms with Crippen molar-refractivity contribution in [3.63, 3.8) is 0 Å². The zero-order valence-corrected chi connectivity index (χ0v) is 10.7. The van der Waals surface area contributed by atoms with E-state index in [0.29, 0.717) is 0 Å². The predicted molar refractivity (Wildman–Crippen MR) is 61.0 cm³/mol. The van der Waals surface area contributed by atoms with Crippen molar-refractivity contribution >= 4 is 11.9 Å². The lowest BCUT2D eigenvalue weighted by atomic mass is 10.0. The molecule has 0 aromatic carbocycles. The lowest BCUT2D eigenvalue weighted by Gasteiger charge is -2.23. The smallest absolute Gasteiger partial charge is 0.320 e. The second-order valence-corrected chi connectivity index (χ2v) is 4.73. The molecule has 6 heteroatoms. The molecule has 0 saturated carbocycles. The lowest BCUT2D eigenvalue weighted by molar-refractivity contribution is -0.169. The van der Waals surface area contributed by atoms with Crippen LogP contribution in [0.4, 0.5) is 0 Å². The van der Waals surface area contributed by atoms with Gasteiger partial charge in [0.25, 0.3) is 0 Å². The van der Waals surface area contributed by atoms with Crippen molar-refractivity contribution in [3.8, 4) is 0 Å². The van der Waals surface area contributed by atoms with Crippen LogP contribution in [0.15, 0.2) is 0 Å². The summed E-state index contributed by atoms with van der Waals surface area (Å²) in [6.45, 7) is 5.05. The van der Waals surface area contributed by atoms with Crippen LogP contribution in [0.3, 0.4) is 0 Å². The number of aliphatic hydroxyl groups is 1. The van der Waals surface area contributed by atoms with E-state index in [0.717, 1.165) is 0 Å². The molecule has 6 nitrogen and oxygen atoms in total. The van der Waals surface area contributed by atoms with E-state index in [2.05, 4.69) is 4.74 Å². The fourth-order valence-electron chi connectivity index (χ4n) is 1.17. The Balaban J connectivity index is 4.68. The highest BCUT2D eigenvalue weighted by molar-refractivity contribution is 5.95. The van der Waals surface area contributed by atoms with Gasteiger partial charge < -0.3 is 20.3 Å². The van der Waals surface area contributed by atoms with E-state index in [4.69, 9.17) is 10.5 Å². The van der Waals surface area contributed by atoms with Crippen molar-refractivity contribution in [2.75, 3.05) is 13.7 Å². The van der Waals surface area contributed by atoms with Crippen LogP contribution < -0.4 is 5.73 Å². The average Bonchev–Trinajstić information content (AvgIpc) is 2.21. The second kappa shape index (κ2) is 6.56. The van der Waals surface area contributed by atoms with E-state index < -0.39 is 29.6 Å². The summed E-state index contributed by atoms with van der Waals surface area (Å²) in [5.74, 6) is -2.58. The number of methoxy groups -OCH3 is 1. The van der Waals surface area contributed by atoms with Crippen LogP contribution in [0, 0.1) is 5.92 Å². The van der Waals surface area contributed by atoms with E-state index >= 15 is 0 Å². The van der Waals surface area contributed by atoms with Crippen LogP contribution in [0.1, 0.15) is 27.2 Å². The summed E-state index contributed by atoms with van der Waals surface area (Å²) in [7, 11) is 1.18. The summed E-state index contributed by atoms with van der Waals surface area (Å²) >= 11 is 0. The van der Waals surface area contributed by atoms with Crippen LogP contribution in [0.2, 0.25) is 0 Å². The number of aliphatic hydroxyl groups excluding tert-OH is 1. The van der Waals surface area contributed by atoms with Crippen molar-refractivity contribution in [3.05, 3.63) is 0 Å². The van der Waals surface area contributed by atoms with E-state index in [9.17, 15) is 14.7 Å². The first kappa shape index (κ1) is 15.9. The maximum atomic E-state index is 11.7. The van der Waals surface area contributed by atoms with E-state index in [1.165, 1.54) is 7.11 Å². The SMILES string of the molecule is COC(=O)[C@H](C[C@H](O)CN)C(=O)OC(C)(C)C. The van der Waals surface area contributed by atoms with Crippen molar-refractivity contribution in [2.24, 2.45) is 11.7 Å². The molecule has 0 amide bonds. The molecule has 0 fully saturated rings. The molecule has 0 bridgehead atoms. The molecule has 0 unspecified atom stereocenters. The van der Waals surface area contributed by atoms with Crippen LogP contribution in [-0.4, -0.2) is 42.4 Å². The number of hydrogen-bond donors (Lipinski definition) is 2. The van der Waals surface area contributed by atoms with Crippen molar-refractivity contribution < 1.29 is 24.2 Å². The molecule has 0 aliphatic rings. The molecule has 0 saturated heterocycles. The van der Waals surface area contributed by atoms with Gasteiger partial charge >= 0.3 is 11.9 Å². The molecule has 0 aromatic heterocycles. The third kappa shape index (κ3) is 6.23. The van der Waals surface area contributed by atoms with E-state index in [1.807, 2.05) is 0 Å². The first-order valence-corrected chi connectivity index (χ1v) is 5.40. The van der Waals surface area contributed by atoms with E-state index in [1.54, 1.807) is 20.8 Å². The Hall–Kier alpha value is -1.14. The van der Waals surface area contributed by atoms with Gasteiger partial charge in [-0.3, -0.25) is 9.59 Å². The van der Waals surface area contributed by atoms with Crippen LogP contribution in [0.5, 0.6) is 0 Å². The highest BCUT2D eigenvalue weighted by Gasteiger charge is 2.33. The zero-order valence-electron chi connectivity index (χ0n) is 10.7. The monoisotopic (exact) mass is 247 g/mol. The van der Waals surface area contributed by atoms with Gasteiger partial charge in [-0.15, -0.1) is 0 Å². The van der Waals surface area contributed by atoms with Gasteiger partial charge in [0.15, 0.2) is 5.92 Å². The Morgan fingerprint density at radius 1 is 1.29 bits per heavy atom. The minimum atomic E-state index is -1.14. The quantitative estimate of drug-likeness (QED) is 0.517. The van der Waals surface area contributed by atoms with E-state index in [-0.39, 0.29) is 13.0 Å². The van der Waals surface area contributed by atoms with Gasteiger partial charge in [-0.1, -0.05) is 0 Å². The largest absolute Gasteiger partial charge is 0.468 e. The number of ether oxygens (including phenoxy) is 2. The Bertz CT molecular complexity index is 272. The first-order valence-electron chi connectivity index (χ1n) is 5.40. The maximum absolute atomic E-state index is 11.7. The van der Waals surface area contributed by atoms with Gasteiger partial charge in [-0.2, -0.15) is 0 Å². The number of nitrogens with two attached hydrogens (primary N) is 1. The molecule has 0 aliphatic heterocycles. The van der Waals surface area contributed by atoms with Gasteiger partial charge in [0, 0.05) is 6.54 Å². The fraction of sp³-hybridized carbons (Fsp3) is 0.818. The summed E-state index contributed by atoms with van der Waals surface area (Å²) in [5, 5.41) is 9.38. The number of carbonyl (C=O) groups is 2. The minimum Gasteiger partial charge on any atom is -0.468 e. The maximum Gasteiger partial charge on any atom is 0.320 e. The normalized spacial score (nSPS) is 14.9. The summed E-state index contributed by atoms with van der Waals surface area (Å²) < 4.78 is 9.58. The summed E-state index contributed by atoms with van der Waals surface area (Å²) in [4.78, 5) is 23.2. The van der Waals surface area contributed by atoms with Crippen LogP contribution >= 0.6 is 0 Å². The number of esters is 2. The molecule has 17 heavy (non-hydrogen) atoms. The van der Waals surface area contributed by atoms with Crippen molar-refractivity contribution in [1.29, 1.82) is 0 Å². The fourth-order valence-corrected chi connectivity index (χ4v) is 1.17. The average molecular weight is 247 g/mol. The number of hydrogen-bond acceptors (Lipinski definition) is 6. The third-order valence-electron chi connectivity index (χ3n) is 1.96.